The number of fused-ring (bicyclic) bond motifs is 2. The van der Waals surface area contributed by atoms with Crippen LogP contribution in [-0.2, 0) is 37.3 Å². The zero-order valence-corrected chi connectivity index (χ0v) is 35.5. The van der Waals surface area contributed by atoms with Crippen LogP contribution in [-0.4, -0.2) is 128 Å². The molecule has 0 radical (unpaired) electrons. The van der Waals surface area contributed by atoms with Crippen molar-refractivity contribution in [2.75, 3.05) is 65.2 Å². The fourth-order valence-electron chi connectivity index (χ4n) is 8.67. The SMILES string of the molecule is COc1cc(Nc2ncc3c(n2)[N+](C2CCC(O)CC2)=C=C3C2C=CN(CCOCCOCCOCCCc3ccc4c(c3)n(C)c(=O)n4C3CCC(=O)NC3=O)CC2)ccn1. The molecule has 62 heavy (non-hydrogen) atoms. The second kappa shape index (κ2) is 20.0. The molecule has 6 heterocycles. The number of benzene rings is 1. The fourth-order valence-corrected chi connectivity index (χ4v) is 8.67. The molecular formula is C45H56N9O8+. The van der Waals surface area contributed by atoms with Gasteiger partial charge < -0.3 is 34.3 Å². The quantitative estimate of drug-likeness (QED) is 0.0704. The lowest BCUT2D eigenvalue weighted by molar-refractivity contribution is -0.486. The van der Waals surface area contributed by atoms with Crippen molar-refractivity contribution in [3.05, 3.63) is 76.6 Å². The third-order valence-corrected chi connectivity index (χ3v) is 12.1. The van der Waals surface area contributed by atoms with Crippen molar-refractivity contribution in [3.63, 3.8) is 0 Å². The Morgan fingerprint density at radius 1 is 0.935 bits per heavy atom. The summed E-state index contributed by atoms with van der Waals surface area (Å²) in [7, 11) is 3.29. The molecule has 328 valence electrons. The molecule has 3 aliphatic heterocycles. The Bertz CT molecular complexity index is 2410. The van der Waals surface area contributed by atoms with E-state index in [4.69, 9.17) is 23.9 Å². The Balaban J connectivity index is 0.730. The Labute approximate surface area is 360 Å². The molecule has 0 bridgehead atoms. The highest BCUT2D eigenvalue weighted by Crippen LogP contribution is 2.39. The lowest BCUT2D eigenvalue weighted by Gasteiger charge is -2.27. The van der Waals surface area contributed by atoms with Gasteiger partial charge in [-0.15, -0.1) is 0 Å². The summed E-state index contributed by atoms with van der Waals surface area (Å²) in [5.74, 6) is 5.00. The van der Waals surface area contributed by atoms with Crippen LogP contribution in [0.3, 0.4) is 0 Å². The van der Waals surface area contributed by atoms with Crippen molar-refractivity contribution < 1.29 is 38.2 Å². The molecule has 1 saturated heterocycles. The number of aliphatic hydroxyl groups excluding tert-OH is 1. The summed E-state index contributed by atoms with van der Waals surface area (Å²) < 4.78 is 27.9. The highest BCUT2D eigenvalue weighted by Gasteiger charge is 2.38. The van der Waals surface area contributed by atoms with Crippen LogP contribution < -0.4 is 21.1 Å². The number of carbonyl (C=O) groups is 2. The van der Waals surface area contributed by atoms with Crippen molar-refractivity contribution in [1.82, 2.24) is 34.3 Å². The summed E-state index contributed by atoms with van der Waals surface area (Å²) in [6.45, 7) is 4.85. The number of imide groups is 1. The molecule has 1 saturated carbocycles. The van der Waals surface area contributed by atoms with Gasteiger partial charge in [0.2, 0.25) is 17.7 Å². The van der Waals surface area contributed by atoms with Crippen LogP contribution in [0.25, 0.3) is 16.6 Å². The van der Waals surface area contributed by atoms with Gasteiger partial charge in [0.15, 0.2) is 0 Å². The average molecular weight is 851 g/mol. The zero-order chi connectivity index (χ0) is 43.0. The zero-order valence-electron chi connectivity index (χ0n) is 35.5. The van der Waals surface area contributed by atoms with Crippen LogP contribution in [0.2, 0.25) is 0 Å². The lowest BCUT2D eigenvalue weighted by atomic mass is 9.90. The Morgan fingerprint density at radius 2 is 1.73 bits per heavy atom. The number of amides is 2. The van der Waals surface area contributed by atoms with Crippen molar-refractivity contribution in [1.29, 1.82) is 0 Å². The third kappa shape index (κ3) is 9.98. The summed E-state index contributed by atoms with van der Waals surface area (Å²) >= 11 is 0. The Morgan fingerprint density at radius 3 is 2.48 bits per heavy atom. The van der Waals surface area contributed by atoms with Crippen molar-refractivity contribution in [2.24, 2.45) is 13.0 Å². The molecule has 3 N–H and O–H groups in total. The van der Waals surface area contributed by atoms with Gasteiger partial charge in [0, 0.05) is 63.2 Å². The number of hydrogen-bond donors (Lipinski definition) is 3. The predicted molar refractivity (Wildman–Crippen MR) is 231 cm³/mol. The van der Waals surface area contributed by atoms with E-state index in [1.165, 1.54) is 4.57 Å². The van der Waals surface area contributed by atoms with E-state index in [1.807, 2.05) is 30.5 Å². The number of ether oxygens (including phenoxy) is 4. The molecule has 2 unspecified atom stereocenters. The second-order valence-corrected chi connectivity index (χ2v) is 16.2. The van der Waals surface area contributed by atoms with Gasteiger partial charge in [-0.3, -0.25) is 24.0 Å². The van der Waals surface area contributed by atoms with Gasteiger partial charge in [-0.05, 0) is 86.3 Å². The monoisotopic (exact) mass is 850 g/mol. The molecule has 1 aromatic carbocycles. The number of aromatic nitrogens is 5. The summed E-state index contributed by atoms with van der Waals surface area (Å²) in [5.41, 5.74) is 5.13. The topological polar surface area (TPSA) is 187 Å². The largest absolute Gasteiger partial charge is 0.481 e. The molecule has 1 aliphatic carbocycles. The minimum Gasteiger partial charge on any atom is -0.481 e. The maximum Gasteiger partial charge on any atom is 0.345 e. The molecule has 2 atom stereocenters. The van der Waals surface area contributed by atoms with Crippen LogP contribution in [0.1, 0.15) is 68.5 Å². The minimum atomic E-state index is -0.693. The average Bonchev–Trinajstić information content (AvgIpc) is 3.78. The minimum absolute atomic E-state index is 0.181. The fraction of sp³-hybridized carbons (Fsp3) is 0.511. The number of carbonyl (C=O) groups excluding carboxylic acids is 2. The van der Waals surface area contributed by atoms with Gasteiger partial charge in [0.05, 0.1) is 68.7 Å². The number of imidazole rings is 1. The van der Waals surface area contributed by atoms with E-state index in [1.54, 1.807) is 31.0 Å². The first-order valence-corrected chi connectivity index (χ1v) is 21.7. The maximum absolute atomic E-state index is 13.0. The number of allylic oxidation sites excluding steroid dienone is 2. The molecule has 2 fully saturated rings. The molecule has 4 aliphatic rings. The standard InChI is InChI=1S/C45H55N9O8/c1-51-39-26-30(5-10-37(39)54(45(51)58)38-11-12-40(56)49-43(38)57)4-3-20-60-22-24-62-25-23-61-21-19-52-17-14-31(15-18-52)36-29-53(33-6-8-34(55)9-7-33)42-35(36)28-47-44(50-42)48-32-13-16-46-41(27-32)59-2/h5,10,13-14,16-17,26-28,31,33-34,38,55H,3-4,6-9,11-12,15,18-25H2,1-2H3,(H-,46,47,48,49,50,56,57)/p+1. The first-order chi connectivity index (χ1) is 30.2. The Kier molecular flexibility index (Phi) is 13.9. The molecule has 17 nitrogen and oxygen atoms in total. The number of hydrogen-bond acceptors (Lipinski definition) is 13. The lowest BCUT2D eigenvalue weighted by Crippen LogP contribution is -2.44. The Hall–Kier alpha value is -5.71. The number of methoxy groups -OCH3 is 1. The smallest absolute Gasteiger partial charge is 0.345 e. The first kappa shape index (κ1) is 43.0. The van der Waals surface area contributed by atoms with Gasteiger partial charge in [0.25, 0.3) is 0 Å². The van der Waals surface area contributed by atoms with Crippen LogP contribution in [0, 0.1) is 5.92 Å². The van der Waals surface area contributed by atoms with E-state index in [0.29, 0.717) is 63.4 Å². The van der Waals surface area contributed by atoms with Crippen molar-refractivity contribution in [2.45, 2.75) is 76.0 Å². The van der Waals surface area contributed by atoms with Crippen LogP contribution >= 0.6 is 0 Å². The first-order valence-electron chi connectivity index (χ1n) is 21.7. The number of aliphatic hydroxyl groups is 1. The van der Waals surface area contributed by atoms with Crippen LogP contribution in [0.5, 0.6) is 5.88 Å². The van der Waals surface area contributed by atoms with E-state index in [9.17, 15) is 19.5 Å². The normalized spacial score (nSPS) is 21.2. The van der Waals surface area contributed by atoms with Crippen molar-refractivity contribution >= 4 is 51.7 Å². The molecule has 3 aromatic heterocycles. The van der Waals surface area contributed by atoms with E-state index in [-0.39, 0.29) is 36.1 Å². The summed E-state index contributed by atoms with van der Waals surface area (Å²) in [6, 6.07) is 9.02. The predicted octanol–water partition coefficient (Wildman–Crippen LogP) is 3.79. The molecule has 4 aromatic rings. The number of nitrogens with zero attached hydrogens (tertiary/aromatic N) is 7. The number of piperidine rings is 1. The maximum atomic E-state index is 13.0. The van der Waals surface area contributed by atoms with E-state index in [0.717, 1.165) is 91.8 Å². The molecule has 17 heteroatoms. The number of pyridine rings is 1. The number of rotatable bonds is 19. The van der Waals surface area contributed by atoms with Gasteiger partial charge in [-0.1, -0.05) is 12.1 Å². The van der Waals surface area contributed by atoms with Gasteiger partial charge in [-0.2, -0.15) is 9.56 Å². The second-order valence-electron chi connectivity index (χ2n) is 16.2. The van der Waals surface area contributed by atoms with Crippen molar-refractivity contribution in [3.8, 4) is 5.88 Å². The van der Waals surface area contributed by atoms with Gasteiger partial charge in [0.1, 0.15) is 17.6 Å². The van der Waals surface area contributed by atoms with Gasteiger partial charge in [-0.25, -0.2) is 9.78 Å². The van der Waals surface area contributed by atoms with Gasteiger partial charge >= 0.3 is 17.5 Å². The van der Waals surface area contributed by atoms with Crippen LogP contribution in [0.15, 0.2) is 59.8 Å². The molecule has 2 amide bonds. The number of aryl methyl sites for hydroxylation is 2. The highest BCUT2D eigenvalue weighted by atomic mass is 16.5. The summed E-state index contributed by atoms with van der Waals surface area (Å²) in [5, 5.41) is 15.8. The number of nitrogens with one attached hydrogen (secondary N) is 2. The van der Waals surface area contributed by atoms with E-state index in [2.05, 4.69) is 48.2 Å². The molecule has 8 rings (SSSR count). The summed E-state index contributed by atoms with van der Waals surface area (Å²) in [4.78, 5) is 53.2. The van der Waals surface area contributed by atoms with Crippen LogP contribution in [0.4, 0.5) is 17.5 Å². The summed E-state index contributed by atoms with van der Waals surface area (Å²) in [6.07, 6.45) is 14.1. The third-order valence-electron chi connectivity index (χ3n) is 12.1. The van der Waals surface area contributed by atoms with E-state index >= 15 is 0 Å². The van der Waals surface area contributed by atoms with E-state index < -0.39 is 11.9 Å². The molecular weight excluding hydrogens is 795 g/mol. The number of anilines is 2. The molecule has 0 spiro atoms. The highest BCUT2D eigenvalue weighted by molar-refractivity contribution is 6.00.